The molecule has 6 heteroatoms. The molecule has 2 heterocycles. The van der Waals surface area contributed by atoms with Crippen molar-refractivity contribution in [1.29, 1.82) is 0 Å². The Kier molecular flexibility index (Phi) is 4.17. The molecule has 0 saturated heterocycles. The van der Waals surface area contributed by atoms with E-state index in [1.807, 2.05) is 12.1 Å². The number of hydrogen-bond acceptors (Lipinski definition) is 4. The fourth-order valence-electron chi connectivity index (χ4n) is 1.81. The Balaban J connectivity index is 1.66. The van der Waals surface area contributed by atoms with Gasteiger partial charge in [-0.15, -0.1) is 11.3 Å². The van der Waals surface area contributed by atoms with Crippen molar-refractivity contribution in [2.75, 3.05) is 5.32 Å². The van der Waals surface area contributed by atoms with Crippen LogP contribution >= 0.6 is 27.3 Å². The van der Waals surface area contributed by atoms with Gasteiger partial charge in [0.25, 0.3) is 5.91 Å². The van der Waals surface area contributed by atoms with Gasteiger partial charge in [0.1, 0.15) is 6.26 Å². The number of thiazole rings is 1. The normalized spacial score (nSPS) is 10.5. The first-order valence-electron chi connectivity index (χ1n) is 6.23. The number of nitrogens with zero attached hydrogens (tertiary/aromatic N) is 1. The van der Waals surface area contributed by atoms with E-state index in [1.165, 1.54) is 29.4 Å². The monoisotopic (exact) mass is 362 g/mol. The smallest absolute Gasteiger partial charge is 0.260 e. The molecule has 3 aromatic rings. The van der Waals surface area contributed by atoms with Crippen LogP contribution in [0.15, 0.2) is 57.9 Å². The van der Waals surface area contributed by atoms with E-state index in [4.69, 9.17) is 4.42 Å². The molecule has 2 aromatic heterocycles. The molecular formula is C15H11BrN2O2S. The number of rotatable bonds is 4. The van der Waals surface area contributed by atoms with Gasteiger partial charge in [-0.25, -0.2) is 4.98 Å². The van der Waals surface area contributed by atoms with Crippen molar-refractivity contribution in [3.05, 3.63) is 69.5 Å². The van der Waals surface area contributed by atoms with E-state index >= 15 is 0 Å². The Bertz CT molecular complexity index is 735. The zero-order valence-corrected chi connectivity index (χ0v) is 13.3. The van der Waals surface area contributed by atoms with Crippen LogP contribution in [0.4, 0.5) is 5.13 Å². The molecule has 0 aliphatic carbocycles. The first kappa shape index (κ1) is 14.0. The van der Waals surface area contributed by atoms with Crippen molar-refractivity contribution in [2.24, 2.45) is 0 Å². The van der Waals surface area contributed by atoms with E-state index in [9.17, 15) is 4.79 Å². The molecule has 1 aromatic carbocycles. The molecule has 0 spiro atoms. The number of halogens is 1. The van der Waals surface area contributed by atoms with Crippen LogP contribution in [0.2, 0.25) is 0 Å². The molecule has 1 amide bonds. The lowest BCUT2D eigenvalue weighted by atomic mass is 10.1. The number of nitrogens with one attached hydrogen (secondary N) is 1. The Labute approximate surface area is 134 Å². The quantitative estimate of drug-likeness (QED) is 0.750. The molecule has 4 nitrogen and oxygen atoms in total. The Morgan fingerprint density at radius 2 is 2.10 bits per heavy atom. The van der Waals surface area contributed by atoms with Gasteiger partial charge in [-0.1, -0.05) is 28.1 Å². The SMILES string of the molecule is O=C(Nc1ncc(Cc2ccc(Br)cc2)s1)c1ccoc1. The van der Waals surface area contributed by atoms with Crippen molar-refractivity contribution >= 4 is 38.3 Å². The van der Waals surface area contributed by atoms with E-state index in [1.54, 1.807) is 12.3 Å². The van der Waals surface area contributed by atoms with Crippen molar-refractivity contribution in [3.8, 4) is 0 Å². The van der Waals surface area contributed by atoms with Crippen LogP contribution in [-0.4, -0.2) is 10.9 Å². The highest BCUT2D eigenvalue weighted by Gasteiger charge is 2.10. The zero-order chi connectivity index (χ0) is 14.7. The average Bonchev–Trinajstić information content (AvgIpc) is 3.13. The minimum Gasteiger partial charge on any atom is -0.472 e. The minimum atomic E-state index is -0.215. The van der Waals surface area contributed by atoms with E-state index < -0.39 is 0 Å². The fourth-order valence-corrected chi connectivity index (χ4v) is 2.92. The maximum Gasteiger partial charge on any atom is 0.260 e. The molecule has 106 valence electrons. The van der Waals surface area contributed by atoms with Crippen LogP contribution in [0.1, 0.15) is 20.8 Å². The molecule has 0 atom stereocenters. The number of carbonyl (C=O) groups excluding carboxylic acids is 1. The lowest BCUT2D eigenvalue weighted by Gasteiger charge is -1.99. The van der Waals surface area contributed by atoms with Gasteiger partial charge < -0.3 is 4.42 Å². The molecule has 0 saturated carbocycles. The predicted octanol–water partition coefficient (Wildman–Crippen LogP) is 4.34. The van der Waals surface area contributed by atoms with Gasteiger partial charge >= 0.3 is 0 Å². The number of anilines is 1. The molecule has 1 N–H and O–H groups in total. The van der Waals surface area contributed by atoms with Gasteiger partial charge in [-0.05, 0) is 23.8 Å². The van der Waals surface area contributed by atoms with Crippen LogP contribution < -0.4 is 5.32 Å². The number of hydrogen-bond donors (Lipinski definition) is 1. The summed E-state index contributed by atoms with van der Waals surface area (Å²) in [7, 11) is 0. The second kappa shape index (κ2) is 6.24. The summed E-state index contributed by atoms with van der Waals surface area (Å²) in [6.45, 7) is 0. The predicted molar refractivity (Wildman–Crippen MR) is 85.7 cm³/mol. The highest BCUT2D eigenvalue weighted by Crippen LogP contribution is 2.22. The molecular weight excluding hydrogens is 352 g/mol. The Hall–Kier alpha value is -1.92. The van der Waals surface area contributed by atoms with Crippen LogP contribution in [0.3, 0.4) is 0 Å². The second-order valence-corrected chi connectivity index (χ2v) is 6.43. The molecule has 0 aliphatic heterocycles. The molecule has 21 heavy (non-hydrogen) atoms. The topological polar surface area (TPSA) is 55.1 Å². The first-order valence-corrected chi connectivity index (χ1v) is 7.84. The first-order chi connectivity index (χ1) is 10.2. The number of amides is 1. The van der Waals surface area contributed by atoms with Gasteiger partial charge in [-0.3, -0.25) is 10.1 Å². The summed E-state index contributed by atoms with van der Waals surface area (Å²) in [5, 5.41) is 3.35. The third-order valence-electron chi connectivity index (χ3n) is 2.85. The molecule has 0 fully saturated rings. The van der Waals surface area contributed by atoms with Gasteiger partial charge in [0, 0.05) is 22.0 Å². The molecule has 3 rings (SSSR count). The van der Waals surface area contributed by atoms with E-state index in [-0.39, 0.29) is 5.91 Å². The molecule has 0 radical (unpaired) electrons. The summed E-state index contributed by atoms with van der Waals surface area (Å²) in [6.07, 6.45) is 5.46. The zero-order valence-electron chi connectivity index (χ0n) is 10.9. The number of carbonyl (C=O) groups is 1. The van der Waals surface area contributed by atoms with Crippen LogP contribution in [-0.2, 0) is 6.42 Å². The summed E-state index contributed by atoms with van der Waals surface area (Å²) >= 11 is 4.89. The highest BCUT2D eigenvalue weighted by molar-refractivity contribution is 9.10. The molecule has 0 bridgehead atoms. The summed E-state index contributed by atoms with van der Waals surface area (Å²) in [5.74, 6) is -0.215. The van der Waals surface area contributed by atoms with Gasteiger partial charge in [0.15, 0.2) is 5.13 Å². The minimum absolute atomic E-state index is 0.215. The standard InChI is InChI=1S/C15H11BrN2O2S/c16-12-3-1-10(2-4-12)7-13-8-17-15(21-13)18-14(19)11-5-6-20-9-11/h1-6,8-9H,7H2,(H,17,18,19). The number of benzene rings is 1. The Morgan fingerprint density at radius 1 is 1.29 bits per heavy atom. The van der Waals surface area contributed by atoms with Crippen LogP contribution in [0.25, 0.3) is 0 Å². The van der Waals surface area contributed by atoms with Gasteiger partial charge in [0.05, 0.1) is 11.8 Å². The third kappa shape index (κ3) is 3.59. The van der Waals surface area contributed by atoms with Crippen LogP contribution in [0, 0.1) is 0 Å². The molecule has 0 unspecified atom stereocenters. The number of aromatic nitrogens is 1. The van der Waals surface area contributed by atoms with Crippen molar-refractivity contribution < 1.29 is 9.21 Å². The van der Waals surface area contributed by atoms with E-state index in [0.29, 0.717) is 10.7 Å². The van der Waals surface area contributed by atoms with Crippen LogP contribution in [0.5, 0.6) is 0 Å². The second-order valence-electron chi connectivity index (χ2n) is 4.40. The maximum atomic E-state index is 11.9. The van der Waals surface area contributed by atoms with Crippen molar-refractivity contribution in [1.82, 2.24) is 4.98 Å². The van der Waals surface area contributed by atoms with Crippen molar-refractivity contribution in [3.63, 3.8) is 0 Å². The molecule has 0 aliphatic rings. The largest absolute Gasteiger partial charge is 0.472 e. The summed E-state index contributed by atoms with van der Waals surface area (Å²) in [6, 6.07) is 9.77. The average molecular weight is 363 g/mol. The third-order valence-corrected chi connectivity index (χ3v) is 4.29. The van der Waals surface area contributed by atoms with Gasteiger partial charge in [0.2, 0.25) is 0 Å². The van der Waals surface area contributed by atoms with E-state index in [0.717, 1.165) is 15.8 Å². The lowest BCUT2D eigenvalue weighted by molar-refractivity contribution is 0.102. The fraction of sp³-hybridized carbons (Fsp3) is 0.0667. The summed E-state index contributed by atoms with van der Waals surface area (Å²) in [5.41, 5.74) is 1.69. The van der Waals surface area contributed by atoms with Crippen molar-refractivity contribution in [2.45, 2.75) is 6.42 Å². The lowest BCUT2D eigenvalue weighted by Crippen LogP contribution is -2.10. The number of furan rings is 1. The van der Waals surface area contributed by atoms with E-state index in [2.05, 4.69) is 38.4 Å². The van der Waals surface area contributed by atoms with Gasteiger partial charge in [-0.2, -0.15) is 0 Å². The summed E-state index contributed by atoms with van der Waals surface area (Å²) < 4.78 is 5.94. The highest BCUT2D eigenvalue weighted by atomic mass is 79.9. The Morgan fingerprint density at radius 3 is 2.81 bits per heavy atom. The summed E-state index contributed by atoms with van der Waals surface area (Å²) in [4.78, 5) is 17.2. The maximum absolute atomic E-state index is 11.9.